The van der Waals surface area contributed by atoms with Crippen LogP contribution in [0.2, 0.25) is 0 Å². The summed E-state index contributed by atoms with van der Waals surface area (Å²) < 4.78 is 0. The number of hydrogen-bond acceptors (Lipinski definition) is 5. The molecular weight excluding hydrogens is 190 g/mol. The van der Waals surface area contributed by atoms with Gasteiger partial charge in [0.25, 0.3) is 0 Å². The van der Waals surface area contributed by atoms with Gasteiger partial charge in [0.2, 0.25) is 5.95 Å². The first-order valence-electron chi connectivity index (χ1n) is 5.21. The summed E-state index contributed by atoms with van der Waals surface area (Å²) >= 11 is 0. The van der Waals surface area contributed by atoms with E-state index in [0.717, 1.165) is 18.7 Å². The van der Waals surface area contributed by atoms with Crippen molar-refractivity contribution in [3.63, 3.8) is 0 Å². The molecule has 1 heterocycles. The van der Waals surface area contributed by atoms with Gasteiger partial charge in [0.15, 0.2) is 0 Å². The highest BCUT2D eigenvalue weighted by atomic mass is 15.2. The van der Waals surface area contributed by atoms with Crippen molar-refractivity contribution in [1.29, 1.82) is 0 Å². The molecule has 5 nitrogen and oxygen atoms in total. The molecule has 0 bridgehead atoms. The lowest BCUT2D eigenvalue weighted by atomic mass is 10.1. The Hall–Kier alpha value is -1.52. The molecule has 0 aliphatic heterocycles. The van der Waals surface area contributed by atoms with Crippen LogP contribution in [0.4, 0.5) is 17.6 Å². The number of anilines is 3. The van der Waals surface area contributed by atoms with Crippen LogP contribution >= 0.6 is 0 Å². The molecule has 4 N–H and O–H groups in total. The Morgan fingerprint density at radius 1 is 1.27 bits per heavy atom. The number of rotatable bonds is 4. The minimum absolute atomic E-state index is 0.225. The zero-order valence-electron chi connectivity index (χ0n) is 9.57. The average Bonchev–Trinajstić information content (AvgIpc) is 2.18. The van der Waals surface area contributed by atoms with Crippen molar-refractivity contribution < 1.29 is 0 Å². The molecule has 0 saturated heterocycles. The molecule has 15 heavy (non-hydrogen) atoms. The lowest BCUT2D eigenvalue weighted by Gasteiger charge is -2.27. The molecule has 1 aromatic rings. The van der Waals surface area contributed by atoms with E-state index in [0.29, 0.717) is 11.9 Å². The minimum Gasteiger partial charge on any atom is -0.383 e. The molecular formula is C10H19N5. The fourth-order valence-corrected chi connectivity index (χ4v) is 1.68. The van der Waals surface area contributed by atoms with Crippen molar-refractivity contribution in [1.82, 2.24) is 9.97 Å². The zero-order valence-corrected chi connectivity index (χ0v) is 9.57. The van der Waals surface area contributed by atoms with Gasteiger partial charge in [0, 0.05) is 19.2 Å². The van der Waals surface area contributed by atoms with E-state index in [9.17, 15) is 0 Å². The smallest absolute Gasteiger partial charge is 0.223 e. The fraction of sp³-hybridized carbons (Fsp3) is 0.600. The van der Waals surface area contributed by atoms with Crippen molar-refractivity contribution in [2.45, 2.75) is 32.7 Å². The van der Waals surface area contributed by atoms with E-state index in [-0.39, 0.29) is 5.95 Å². The van der Waals surface area contributed by atoms with E-state index in [1.165, 1.54) is 0 Å². The van der Waals surface area contributed by atoms with Gasteiger partial charge in [-0.15, -0.1) is 0 Å². The second-order valence-corrected chi connectivity index (χ2v) is 3.59. The molecule has 0 unspecified atom stereocenters. The summed E-state index contributed by atoms with van der Waals surface area (Å²) in [4.78, 5) is 10.1. The number of nitrogens with two attached hydrogens (primary N) is 2. The second-order valence-electron chi connectivity index (χ2n) is 3.59. The van der Waals surface area contributed by atoms with Crippen LogP contribution in [0.25, 0.3) is 0 Å². The van der Waals surface area contributed by atoms with Gasteiger partial charge in [-0.25, -0.2) is 0 Å². The van der Waals surface area contributed by atoms with Gasteiger partial charge in [0.1, 0.15) is 11.6 Å². The van der Waals surface area contributed by atoms with Crippen LogP contribution < -0.4 is 16.4 Å². The van der Waals surface area contributed by atoms with E-state index in [1.807, 2.05) is 7.05 Å². The third-order valence-corrected chi connectivity index (χ3v) is 2.60. The highest BCUT2D eigenvalue weighted by Crippen LogP contribution is 2.18. The van der Waals surface area contributed by atoms with Crippen LogP contribution in [0.1, 0.15) is 26.7 Å². The summed E-state index contributed by atoms with van der Waals surface area (Å²) in [6.07, 6.45) is 2.13. The third-order valence-electron chi connectivity index (χ3n) is 2.60. The van der Waals surface area contributed by atoms with Gasteiger partial charge >= 0.3 is 0 Å². The Labute approximate surface area is 90.5 Å². The molecule has 5 heteroatoms. The standard InChI is InChI=1S/C10H19N5/c1-4-7(5-2)15(3)9-6-8(11)13-10(12)14-9/h6-7H,4-5H2,1-3H3,(H4,11,12,13,14). The van der Waals surface area contributed by atoms with Gasteiger partial charge in [-0.05, 0) is 12.8 Å². The summed E-state index contributed by atoms with van der Waals surface area (Å²) in [6, 6.07) is 2.20. The van der Waals surface area contributed by atoms with Crippen molar-refractivity contribution in [3.05, 3.63) is 6.07 Å². The van der Waals surface area contributed by atoms with Crippen molar-refractivity contribution in [2.75, 3.05) is 23.4 Å². The molecule has 0 fully saturated rings. The number of hydrogen-bond donors (Lipinski definition) is 2. The molecule has 1 rings (SSSR count). The van der Waals surface area contributed by atoms with Crippen molar-refractivity contribution >= 4 is 17.6 Å². The van der Waals surface area contributed by atoms with Crippen LogP contribution in [0, 0.1) is 0 Å². The molecule has 0 saturated carbocycles. The van der Waals surface area contributed by atoms with Crippen LogP contribution in [0.15, 0.2) is 6.07 Å². The maximum absolute atomic E-state index is 5.62. The fourth-order valence-electron chi connectivity index (χ4n) is 1.68. The minimum atomic E-state index is 0.225. The SMILES string of the molecule is CCC(CC)N(C)c1cc(N)nc(N)n1. The Bertz CT molecular complexity index is 301. The molecule has 0 amide bonds. The zero-order chi connectivity index (χ0) is 11.4. The molecule has 1 aromatic heterocycles. The Morgan fingerprint density at radius 2 is 1.87 bits per heavy atom. The molecule has 0 aliphatic carbocycles. The maximum atomic E-state index is 5.62. The van der Waals surface area contributed by atoms with Crippen LogP contribution in [0.3, 0.4) is 0 Å². The number of nitrogen functional groups attached to an aromatic ring is 2. The van der Waals surface area contributed by atoms with E-state index in [2.05, 4.69) is 28.7 Å². The second kappa shape index (κ2) is 4.82. The van der Waals surface area contributed by atoms with Crippen LogP contribution in [-0.2, 0) is 0 Å². The van der Waals surface area contributed by atoms with Gasteiger partial charge < -0.3 is 16.4 Å². The molecule has 0 atom stereocenters. The quantitative estimate of drug-likeness (QED) is 0.780. The van der Waals surface area contributed by atoms with E-state index in [4.69, 9.17) is 11.5 Å². The normalized spacial score (nSPS) is 10.7. The number of aromatic nitrogens is 2. The lowest BCUT2D eigenvalue weighted by molar-refractivity contribution is 0.587. The van der Waals surface area contributed by atoms with Gasteiger partial charge in [-0.2, -0.15) is 9.97 Å². The van der Waals surface area contributed by atoms with Gasteiger partial charge in [-0.1, -0.05) is 13.8 Å². The summed E-state index contributed by atoms with van der Waals surface area (Å²) in [6.45, 7) is 4.30. The van der Waals surface area contributed by atoms with Crippen molar-refractivity contribution in [3.8, 4) is 0 Å². The van der Waals surface area contributed by atoms with Crippen LogP contribution in [-0.4, -0.2) is 23.1 Å². The van der Waals surface area contributed by atoms with Gasteiger partial charge in [-0.3, -0.25) is 0 Å². The predicted octanol–water partition coefficient (Wildman–Crippen LogP) is 1.27. The summed E-state index contributed by atoms with van der Waals surface area (Å²) in [5.74, 6) is 1.42. The molecule has 0 radical (unpaired) electrons. The summed E-state index contributed by atoms with van der Waals surface area (Å²) in [5.41, 5.74) is 11.2. The Kier molecular flexibility index (Phi) is 3.71. The topological polar surface area (TPSA) is 81.1 Å². The largest absolute Gasteiger partial charge is 0.383 e. The Morgan fingerprint density at radius 3 is 2.33 bits per heavy atom. The first-order chi connectivity index (χ1) is 7.08. The molecule has 84 valence electrons. The van der Waals surface area contributed by atoms with Crippen LogP contribution in [0.5, 0.6) is 0 Å². The molecule has 0 spiro atoms. The van der Waals surface area contributed by atoms with E-state index < -0.39 is 0 Å². The first kappa shape index (κ1) is 11.6. The first-order valence-corrected chi connectivity index (χ1v) is 5.21. The third kappa shape index (κ3) is 2.71. The van der Waals surface area contributed by atoms with Crippen molar-refractivity contribution in [2.24, 2.45) is 0 Å². The molecule has 0 aliphatic rings. The van der Waals surface area contributed by atoms with Gasteiger partial charge in [0.05, 0.1) is 0 Å². The Balaban J connectivity index is 2.94. The highest BCUT2D eigenvalue weighted by Gasteiger charge is 2.13. The highest BCUT2D eigenvalue weighted by molar-refractivity contribution is 5.50. The summed E-state index contributed by atoms with van der Waals surface area (Å²) in [5, 5.41) is 0. The summed E-state index contributed by atoms with van der Waals surface area (Å²) in [7, 11) is 2.00. The van der Waals surface area contributed by atoms with E-state index in [1.54, 1.807) is 6.07 Å². The monoisotopic (exact) mass is 209 g/mol. The average molecular weight is 209 g/mol. The number of nitrogens with zero attached hydrogens (tertiary/aromatic N) is 3. The molecule has 0 aromatic carbocycles. The lowest BCUT2D eigenvalue weighted by Crippen LogP contribution is -2.31. The predicted molar refractivity (Wildman–Crippen MR) is 63.6 cm³/mol. The van der Waals surface area contributed by atoms with E-state index >= 15 is 0 Å². The maximum Gasteiger partial charge on any atom is 0.223 e.